The molecule has 2 heterocycles. The van der Waals surface area contributed by atoms with E-state index in [4.69, 9.17) is 10.7 Å². The van der Waals surface area contributed by atoms with Crippen LogP contribution in [-0.2, 0) is 5.41 Å². The largest absolute Gasteiger partial charge is 0.326 e. The van der Waals surface area contributed by atoms with Crippen LogP contribution in [0.1, 0.15) is 70.6 Å². The third kappa shape index (κ3) is 4.27. The van der Waals surface area contributed by atoms with Gasteiger partial charge in [0, 0.05) is 23.4 Å². The fraction of sp³-hybridized carbons (Fsp3) is 0.824. The summed E-state index contributed by atoms with van der Waals surface area (Å²) in [6, 6.07) is 0.503. The molecule has 4 heteroatoms. The molecule has 0 bridgehead atoms. The molecule has 21 heavy (non-hydrogen) atoms. The van der Waals surface area contributed by atoms with Crippen LogP contribution in [0.4, 0.5) is 0 Å². The van der Waals surface area contributed by atoms with Crippen molar-refractivity contribution >= 4 is 11.3 Å². The zero-order valence-electron chi connectivity index (χ0n) is 14.2. The molecule has 2 N–H and O–H groups in total. The third-order valence-electron chi connectivity index (χ3n) is 4.10. The molecule has 2 rings (SSSR count). The summed E-state index contributed by atoms with van der Waals surface area (Å²) in [6.07, 6.45) is 3.61. The van der Waals surface area contributed by atoms with Gasteiger partial charge >= 0.3 is 0 Å². The highest BCUT2D eigenvalue weighted by molar-refractivity contribution is 7.09. The van der Waals surface area contributed by atoms with E-state index in [1.54, 1.807) is 11.3 Å². The van der Waals surface area contributed by atoms with Crippen LogP contribution < -0.4 is 5.73 Å². The van der Waals surface area contributed by atoms with Gasteiger partial charge in [-0.1, -0.05) is 41.0 Å². The first kappa shape index (κ1) is 16.9. The number of nitrogens with two attached hydrogens (primary N) is 1. The third-order valence-corrected chi connectivity index (χ3v) is 5.38. The summed E-state index contributed by atoms with van der Waals surface area (Å²) in [4.78, 5) is 7.52. The van der Waals surface area contributed by atoms with Gasteiger partial charge in [0.25, 0.3) is 0 Å². The van der Waals surface area contributed by atoms with Crippen molar-refractivity contribution in [2.75, 3.05) is 13.1 Å². The minimum atomic E-state index is 0.126. The van der Waals surface area contributed by atoms with Gasteiger partial charge in [-0.05, 0) is 25.3 Å². The first-order valence-electron chi connectivity index (χ1n) is 8.24. The smallest absolute Gasteiger partial charge is 0.0982 e. The normalized spacial score (nSPS) is 25.3. The van der Waals surface area contributed by atoms with Gasteiger partial charge in [0.1, 0.15) is 0 Å². The van der Waals surface area contributed by atoms with Gasteiger partial charge in [0.2, 0.25) is 0 Å². The average molecular weight is 310 g/mol. The maximum Gasteiger partial charge on any atom is 0.0982 e. The Labute approximate surface area is 133 Å². The molecular weight excluding hydrogens is 278 g/mol. The molecule has 0 saturated carbocycles. The van der Waals surface area contributed by atoms with Gasteiger partial charge in [-0.25, -0.2) is 4.98 Å². The van der Waals surface area contributed by atoms with Crippen LogP contribution in [0.3, 0.4) is 0 Å². The van der Waals surface area contributed by atoms with Gasteiger partial charge in [0.05, 0.1) is 16.7 Å². The van der Waals surface area contributed by atoms with E-state index in [1.165, 1.54) is 23.5 Å². The maximum absolute atomic E-state index is 6.52. The number of aromatic nitrogens is 1. The lowest BCUT2D eigenvalue weighted by Gasteiger charge is -2.33. The predicted octanol–water partition coefficient (Wildman–Crippen LogP) is 3.95. The fourth-order valence-corrected chi connectivity index (χ4v) is 4.05. The van der Waals surface area contributed by atoms with Crippen molar-refractivity contribution < 1.29 is 0 Å². The monoisotopic (exact) mass is 309 g/mol. The second kappa shape index (κ2) is 6.76. The summed E-state index contributed by atoms with van der Waals surface area (Å²) in [5.41, 5.74) is 7.84. The molecule has 3 nitrogen and oxygen atoms in total. The Morgan fingerprint density at radius 3 is 2.67 bits per heavy atom. The SMILES string of the molecule is CC(C)CN1CCCCC(N)C1c1csc(C(C)(C)C)n1. The summed E-state index contributed by atoms with van der Waals surface area (Å²) < 4.78 is 0. The molecule has 0 aromatic carbocycles. The first-order chi connectivity index (χ1) is 9.79. The Balaban J connectivity index is 2.28. The van der Waals surface area contributed by atoms with Crippen LogP contribution in [0, 0.1) is 5.92 Å². The number of hydrogen-bond donors (Lipinski definition) is 1. The molecule has 1 fully saturated rings. The summed E-state index contributed by atoms with van der Waals surface area (Å²) in [5, 5.41) is 3.46. The lowest BCUT2D eigenvalue weighted by molar-refractivity contribution is 0.162. The molecule has 120 valence electrons. The first-order valence-corrected chi connectivity index (χ1v) is 9.12. The predicted molar refractivity (Wildman–Crippen MR) is 91.8 cm³/mol. The number of rotatable bonds is 3. The summed E-state index contributed by atoms with van der Waals surface area (Å²) in [5.74, 6) is 0.665. The molecule has 1 saturated heterocycles. The van der Waals surface area contributed by atoms with E-state index in [2.05, 4.69) is 44.9 Å². The van der Waals surface area contributed by atoms with E-state index in [1.807, 2.05) is 0 Å². The molecule has 1 aliphatic heterocycles. The Bertz CT molecular complexity index is 447. The van der Waals surface area contributed by atoms with E-state index < -0.39 is 0 Å². The molecule has 1 aliphatic rings. The van der Waals surface area contributed by atoms with Crippen molar-refractivity contribution in [2.45, 2.75) is 71.4 Å². The molecule has 1 aromatic heterocycles. The Morgan fingerprint density at radius 1 is 1.38 bits per heavy atom. The van der Waals surface area contributed by atoms with Gasteiger partial charge < -0.3 is 5.73 Å². The second-order valence-electron chi connectivity index (χ2n) is 7.82. The van der Waals surface area contributed by atoms with Crippen molar-refractivity contribution in [3.63, 3.8) is 0 Å². The minimum absolute atomic E-state index is 0.126. The van der Waals surface area contributed by atoms with Gasteiger partial charge in [-0.3, -0.25) is 4.90 Å². The number of likely N-dealkylation sites (tertiary alicyclic amines) is 1. The molecule has 0 radical (unpaired) electrons. The quantitative estimate of drug-likeness (QED) is 0.919. The average Bonchev–Trinajstić information content (AvgIpc) is 2.76. The molecule has 0 spiro atoms. The zero-order valence-corrected chi connectivity index (χ0v) is 15.0. The Kier molecular flexibility index (Phi) is 5.44. The number of nitrogens with zero attached hydrogens (tertiary/aromatic N) is 2. The molecular formula is C17H31N3S. The summed E-state index contributed by atoms with van der Waals surface area (Å²) in [7, 11) is 0. The Morgan fingerprint density at radius 2 is 2.10 bits per heavy atom. The van der Waals surface area contributed by atoms with Crippen LogP contribution >= 0.6 is 11.3 Å². The van der Waals surface area contributed by atoms with Crippen LogP contribution in [-0.4, -0.2) is 29.0 Å². The van der Waals surface area contributed by atoms with Crippen molar-refractivity contribution in [1.82, 2.24) is 9.88 Å². The molecule has 0 amide bonds. The van der Waals surface area contributed by atoms with Crippen LogP contribution in [0.2, 0.25) is 0 Å². The lowest BCUT2D eigenvalue weighted by Crippen LogP contribution is -2.41. The molecule has 1 aromatic rings. The van der Waals surface area contributed by atoms with Gasteiger partial charge in [-0.2, -0.15) is 0 Å². The van der Waals surface area contributed by atoms with Crippen LogP contribution in [0.15, 0.2) is 5.38 Å². The minimum Gasteiger partial charge on any atom is -0.326 e. The lowest BCUT2D eigenvalue weighted by atomic mass is 9.97. The van der Waals surface area contributed by atoms with Crippen molar-refractivity contribution in [3.05, 3.63) is 16.1 Å². The molecule has 0 aliphatic carbocycles. The maximum atomic E-state index is 6.52. The standard InChI is InChI=1S/C17H31N3S/c1-12(2)10-20-9-7-6-8-13(18)15(20)14-11-21-16(19-14)17(3,4)5/h11-13,15H,6-10,18H2,1-5H3. The number of thiazole rings is 1. The van der Waals surface area contributed by atoms with Gasteiger partial charge in [0.15, 0.2) is 0 Å². The number of hydrogen-bond acceptors (Lipinski definition) is 4. The van der Waals surface area contributed by atoms with E-state index >= 15 is 0 Å². The van der Waals surface area contributed by atoms with Gasteiger partial charge in [-0.15, -0.1) is 11.3 Å². The van der Waals surface area contributed by atoms with E-state index in [9.17, 15) is 0 Å². The van der Waals surface area contributed by atoms with Crippen LogP contribution in [0.25, 0.3) is 0 Å². The zero-order chi connectivity index (χ0) is 15.6. The van der Waals surface area contributed by atoms with Crippen molar-refractivity contribution in [2.24, 2.45) is 11.7 Å². The molecule has 2 atom stereocenters. The van der Waals surface area contributed by atoms with E-state index in [-0.39, 0.29) is 11.5 Å². The summed E-state index contributed by atoms with van der Waals surface area (Å²) in [6.45, 7) is 13.5. The highest BCUT2D eigenvalue weighted by Crippen LogP contribution is 2.33. The Hall–Kier alpha value is -0.450. The molecule has 2 unspecified atom stereocenters. The van der Waals surface area contributed by atoms with Crippen LogP contribution in [0.5, 0.6) is 0 Å². The summed E-state index contributed by atoms with van der Waals surface area (Å²) >= 11 is 1.79. The highest BCUT2D eigenvalue weighted by Gasteiger charge is 2.32. The van der Waals surface area contributed by atoms with E-state index in [0.717, 1.165) is 19.5 Å². The second-order valence-corrected chi connectivity index (χ2v) is 8.68. The van der Waals surface area contributed by atoms with Crippen molar-refractivity contribution in [3.8, 4) is 0 Å². The fourth-order valence-electron chi connectivity index (χ4n) is 3.11. The highest BCUT2D eigenvalue weighted by atomic mass is 32.1. The van der Waals surface area contributed by atoms with E-state index in [0.29, 0.717) is 12.0 Å². The van der Waals surface area contributed by atoms with Crippen molar-refractivity contribution in [1.29, 1.82) is 0 Å². The topological polar surface area (TPSA) is 42.1 Å².